The Kier molecular flexibility index (Phi) is 6.16. The number of amides is 1. The second kappa shape index (κ2) is 8.11. The van der Waals surface area contributed by atoms with Crippen molar-refractivity contribution in [2.24, 2.45) is 0 Å². The molecule has 1 aliphatic heterocycles. The molecular weight excluding hydrogens is 276 g/mol. The van der Waals surface area contributed by atoms with Crippen LogP contribution in [-0.4, -0.2) is 47.2 Å². The van der Waals surface area contributed by atoms with Gasteiger partial charge in [-0.05, 0) is 44.2 Å². The summed E-state index contributed by atoms with van der Waals surface area (Å²) >= 11 is 0. The van der Waals surface area contributed by atoms with E-state index >= 15 is 0 Å². The molecule has 1 unspecified atom stereocenters. The van der Waals surface area contributed by atoms with Gasteiger partial charge in [-0.3, -0.25) is 4.79 Å². The van der Waals surface area contributed by atoms with Crippen molar-refractivity contribution < 1.29 is 4.79 Å². The van der Waals surface area contributed by atoms with Crippen LogP contribution in [0.5, 0.6) is 0 Å². The molecule has 122 valence electrons. The van der Waals surface area contributed by atoms with E-state index in [9.17, 15) is 4.79 Å². The molecule has 0 saturated carbocycles. The minimum absolute atomic E-state index is 0.0295. The molecule has 0 aliphatic carbocycles. The summed E-state index contributed by atoms with van der Waals surface area (Å²) in [6.07, 6.45) is 6.71. The minimum atomic E-state index is 0.0295. The fourth-order valence-corrected chi connectivity index (χ4v) is 2.99. The SMILES string of the molecule is CCCCN(C)c1ccc(C(=O)N2CCCCC2CC)nn1. The van der Waals surface area contributed by atoms with Crippen LogP contribution in [-0.2, 0) is 0 Å². The molecule has 1 aromatic heterocycles. The van der Waals surface area contributed by atoms with Crippen molar-refractivity contribution in [2.45, 2.75) is 58.4 Å². The van der Waals surface area contributed by atoms with E-state index in [0.717, 1.165) is 51.0 Å². The summed E-state index contributed by atoms with van der Waals surface area (Å²) in [5.41, 5.74) is 0.466. The van der Waals surface area contributed by atoms with Gasteiger partial charge in [-0.25, -0.2) is 0 Å². The summed E-state index contributed by atoms with van der Waals surface area (Å²) in [4.78, 5) is 16.7. The second-order valence-electron chi connectivity index (χ2n) is 6.11. The first kappa shape index (κ1) is 16.7. The first-order valence-electron chi connectivity index (χ1n) is 8.53. The average molecular weight is 304 g/mol. The van der Waals surface area contributed by atoms with Gasteiger partial charge in [0.25, 0.3) is 5.91 Å². The fourth-order valence-electron chi connectivity index (χ4n) is 2.99. The lowest BCUT2D eigenvalue weighted by molar-refractivity contribution is 0.0601. The molecule has 0 bridgehead atoms. The number of hydrogen-bond acceptors (Lipinski definition) is 4. The molecule has 1 aromatic rings. The third-order valence-electron chi connectivity index (χ3n) is 4.47. The van der Waals surface area contributed by atoms with Crippen LogP contribution < -0.4 is 4.90 Å². The molecule has 1 aliphatic rings. The van der Waals surface area contributed by atoms with Gasteiger partial charge in [-0.15, -0.1) is 10.2 Å². The van der Waals surface area contributed by atoms with Gasteiger partial charge in [-0.1, -0.05) is 20.3 Å². The predicted octanol–water partition coefficient (Wildman–Crippen LogP) is 3.12. The van der Waals surface area contributed by atoms with E-state index in [-0.39, 0.29) is 5.91 Å². The van der Waals surface area contributed by atoms with Gasteiger partial charge < -0.3 is 9.80 Å². The molecule has 1 atom stereocenters. The van der Waals surface area contributed by atoms with Crippen LogP contribution in [0.4, 0.5) is 5.82 Å². The summed E-state index contributed by atoms with van der Waals surface area (Å²) in [6, 6.07) is 4.07. The number of carbonyl (C=O) groups is 1. The topological polar surface area (TPSA) is 49.3 Å². The molecular formula is C17H28N4O. The summed E-state index contributed by atoms with van der Waals surface area (Å²) in [7, 11) is 2.01. The third kappa shape index (κ3) is 3.96. The quantitative estimate of drug-likeness (QED) is 0.810. The van der Waals surface area contributed by atoms with Crippen LogP contribution in [0.1, 0.15) is 62.9 Å². The van der Waals surface area contributed by atoms with E-state index in [4.69, 9.17) is 0 Å². The molecule has 0 spiro atoms. The van der Waals surface area contributed by atoms with E-state index in [1.54, 1.807) is 0 Å². The normalized spacial score (nSPS) is 18.3. The number of aromatic nitrogens is 2. The molecule has 0 aromatic carbocycles. The maximum absolute atomic E-state index is 12.6. The van der Waals surface area contributed by atoms with Crippen LogP contribution in [0.3, 0.4) is 0 Å². The van der Waals surface area contributed by atoms with Gasteiger partial charge in [0.1, 0.15) is 0 Å². The van der Waals surface area contributed by atoms with E-state index in [2.05, 4.69) is 28.9 Å². The Morgan fingerprint density at radius 2 is 2.14 bits per heavy atom. The largest absolute Gasteiger partial charge is 0.358 e. The van der Waals surface area contributed by atoms with Gasteiger partial charge in [-0.2, -0.15) is 0 Å². The first-order chi connectivity index (χ1) is 10.7. The van der Waals surface area contributed by atoms with E-state index in [0.29, 0.717) is 11.7 Å². The zero-order valence-corrected chi connectivity index (χ0v) is 14.1. The number of anilines is 1. The number of nitrogens with zero attached hydrogens (tertiary/aromatic N) is 4. The fraction of sp³-hybridized carbons (Fsp3) is 0.706. The van der Waals surface area contributed by atoms with Crippen LogP contribution in [0.25, 0.3) is 0 Å². The highest BCUT2D eigenvalue weighted by molar-refractivity contribution is 5.92. The van der Waals surface area contributed by atoms with Crippen LogP contribution in [0.2, 0.25) is 0 Å². The molecule has 0 N–H and O–H groups in total. The monoisotopic (exact) mass is 304 g/mol. The molecule has 2 rings (SSSR count). The minimum Gasteiger partial charge on any atom is -0.358 e. The van der Waals surface area contributed by atoms with Crippen molar-refractivity contribution >= 4 is 11.7 Å². The Labute approximate surface area is 133 Å². The standard InChI is InChI=1S/C17H28N4O/c1-4-6-12-20(3)16-11-10-15(18-19-16)17(22)21-13-8-7-9-14(21)5-2/h10-11,14H,4-9,12-13H2,1-3H3. The van der Waals surface area contributed by atoms with E-state index < -0.39 is 0 Å². The lowest BCUT2D eigenvalue weighted by Gasteiger charge is -2.34. The van der Waals surface area contributed by atoms with Crippen LogP contribution >= 0.6 is 0 Å². The number of piperidine rings is 1. The molecule has 0 radical (unpaired) electrons. The highest BCUT2D eigenvalue weighted by atomic mass is 16.2. The first-order valence-corrected chi connectivity index (χ1v) is 8.53. The Bertz CT molecular complexity index is 474. The summed E-state index contributed by atoms with van der Waals surface area (Å²) < 4.78 is 0. The molecule has 22 heavy (non-hydrogen) atoms. The summed E-state index contributed by atoms with van der Waals surface area (Å²) in [6.45, 7) is 6.12. The van der Waals surface area contributed by atoms with Gasteiger partial charge in [0, 0.05) is 26.2 Å². The van der Waals surface area contributed by atoms with E-state index in [1.807, 2.05) is 24.1 Å². The van der Waals surface area contributed by atoms with Crippen molar-refractivity contribution in [3.63, 3.8) is 0 Å². The van der Waals surface area contributed by atoms with E-state index in [1.165, 1.54) is 6.42 Å². The Morgan fingerprint density at radius 3 is 2.77 bits per heavy atom. The number of hydrogen-bond donors (Lipinski definition) is 0. The average Bonchev–Trinajstić information content (AvgIpc) is 2.59. The maximum Gasteiger partial charge on any atom is 0.274 e. The van der Waals surface area contributed by atoms with Crippen molar-refractivity contribution in [1.29, 1.82) is 0 Å². The molecule has 1 fully saturated rings. The Balaban J connectivity index is 2.04. The van der Waals surface area contributed by atoms with Crippen LogP contribution in [0, 0.1) is 0 Å². The molecule has 5 heteroatoms. The number of carbonyl (C=O) groups excluding carboxylic acids is 1. The molecule has 1 saturated heterocycles. The lowest BCUT2D eigenvalue weighted by atomic mass is 9.99. The van der Waals surface area contributed by atoms with Crippen molar-refractivity contribution in [3.05, 3.63) is 17.8 Å². The van der Waals surface area contributed by atoms with Gasteiger partial charge in [0.2, 0.25) is 0 Å². The van der Waals surface area contributed by atoms with Gasteiger partial charge >= 0.3 is 0 Å². The molecule has 5 nitrogen and oxygen atoms in total. The Morgan fingerprint density at radius 1 is 1.32 bits per heavy atom. The number of likely N-dealkylation sites (tertiary alicyclic amines) is 1. The predicted molar refractivity (Wildman–Crippen MR) is 89.2 cm³/mol. The number of unbranched alkanes of at least 4 members (excludes halogenated alkanes) is 1. The zero-order valence-electron chi connectivity index (χ0n) is 14.1. The molecule has 1 amide bonds. The maximum atomic E-state index is 12.6. The second-order valence-corrected chi connectivity index (χ2v) is 6.11. The summed E-state index contributed by atoms with van der Waals surface area (Å²) in [5.74, 6) is 0.859. The highest BCUT2D eigenvalue weighted by Gasteiger charge is 2.27. The van der Waals surface area contributed by atoms with Crippen molar-refractivity contribution in [2.75, 3.05) is 25.0 Å². The zero-order chi connectivity index (χ0) is 15.9. The molecule has 2 heterocycles. The third-order valence-corrected chi connectivity index (χ3v) is 4.47. The highest BCUT2D eigenvalue weighted by Crippen LogP contribution is 2.21. The van der Waals surface area contributed by atoms with Crippen molar-refractivity contribution in [1.82, 2.24) is 15.1 Å². The summed E-state index contributed by atoms with van der Waals surface area (Å²) in [5, 5.41) is 8.40. The Hall–Kier alpha value is -1.65. The smallest absolute Gasteiger partial charge is 0.274 e. The van der Waals surface area contributed by atoms with Gasteiger partial charge in [0.05, 0.1) is 0 Å². The van der Waals surface area contributed by atoms with Gasteiger partial charge in [0.15, 0.2) is 11.5 Å². The lowest BCUT2D eigenvalue weighted by Crippen LogP contribution is -2.43. The van der Waals surface area contributed by atoms with Crippen molar-refractivity contribution in [3.8, 4) is 0 Å². The van der Waals surface area contributed by atoms with Crippen LogP contribution in [0.15, 0.2) is 12.1 Å². The number of rotatable bonds is 6.